The minimum Gasteiger partial charge on any atom is -0.497 e. The molecule has 0 spiro atoms. The molecule has 2 fully saturated rings. The minimum absolute atomic E-state index is 0.191. The Kier molecular flexibility index (Phi) is 9.09. The normalized spacial score (nSPS) is 24.2. The lowest BCUT2D eigenvalue weighted by Gasteiger charge is -2.46. The van der Waals surface area contributed by atoms with Crippen molar-refractivity contribution in [3.63, 3.8) is 0 Å². The summed E-state index contributed by atoms with van der Waals surface area (Å²) in [4.78, 5) is 0. The summed E-state index contributed by atoms with van der Waals surface area (Å²) in [6.07, 6.45) is 0.382. The number of benzene rings is 3. The van der Waals surface area contributed by atoms with Crippen LogP contribution in [0.15, 0.2) is 97.6 Å². The largest absolute Gasteiger partial charge is 0.497 e. The van der Waals surface area contributed by atoms with Crippen LogP contribution in [0, 0.1) is 0 Å². The van der Waals surface area contributed by atoms with Crippen molar-refractivity contribution >= 4 is 18.7 Å². The Labute approximate surface area is 251 Å². The third-order valence-electron chi connectivity index (χ3n) is 8.13. The van der Waals surface area contributed by atoms with E-state index in [0.717, 1.165) is 11.3 Å². The topological polar surface area (TPSA) is 55.4 Å². The zero-order valence-corrected chi connectivity index (χ0v) is 26.6. The molecule has 2 heterocycles. The van der Waals surface area contributed by atoms with Gasteiger partial charge in [-0.1, -0.05) is 99.6 Å². The van der Waals surface area contributed by atoms with Gasteiger partial charge in [-0.25, -0.2) is 0 Å². The van der Waals surface area contributed by atoms with Gasteiger partial charge >= 0.3 is 0 Å². The summed E-state index contributed by atoms with van der Waals surface area (Å²) in [7, 11) is -1.22. The second-order valence-corrected chi connectivity index (χ2v) is 16.8. The number of rotatable bonds is 11. The van der Waals surface area contributed by atoms with Gasteiger partial charge in [-0.05, 0) is 53.4 Å². The fourth-order valence-electron chi connectivity index (χ4n) is 6.26. The molecule has 3 aromatic rings. The second-order valence-electron chi connectivity index (χ2n) is 12.5. The average molecular weight is 589 g/mol. The van der Waals surface area contributed by atoms with E-state index in [4.69, 9.17) is 28.1 Å². The number of fused-ring (bicyclic) bond motifs is 1. The van der Waals surface area contributed by atoms with Crippen molar-refractivity contribution in [1.82, 2.24) is 0 Å². The molecule has 5 atom stereocenters. The van der Waals surface area contributed by atoms with Crippen molar-refractivity contribution in [2.75, 3.05) is 7.11 Å². The van der Waals surface area contributed by atoms with Gasteiger partial charge in [0.25, 0.3) is 8.32 Å². The van der Waals surface area contributed by atoms with E-state index in [1.807, 2.05) is 44.2 Å². The van der Waals surface area contributed by atoms with Crippen LogP contribution >= 0.6 is 0 Å². The molecule has 2 aliphatic rings. The molecular formula is C35H44O6Si. The average Bonchev–Trinajstić information content (AvgIpc) is 3.47. The summed E-state index contributed by atoms with van der Waals surface area (Å²) < 4.78 is 38.8. The van der Waals surface area contributed by atoms with Gasteiger partial charge in [0, 0.05) is 0 Å². The van der Waals surface area contributed by atoms with E-state index in [1.165, 1.54) is 10.4 Å². The molecule has 2 saturated heterocycles. The minimum atomic E-state index is -2.88. The number of ether oxygens (including phenoxy) is 5. The molecule has 3 aromatic carbocycles. The van der Waals surface area contributed by atoms with Crippen molar-refractivity contribution < 1.29 is 28.1 Å². The Morgan fingerprint density at radius 2 is 1.45 bits per heavy atom. The highest BCUT2D eigenvalue weighted by Crippen LogP contribution is 2.44. The van der Waals surface area contributed by atoms with Crippen LogP contribution in [0.3, 0.4) is 0 Å². The smallest absolute Gasteiger partial charge is 0.261 e. The molecule has 0 saturated carbocycles. The van der Waals surface area contributed by atoms with Gasteiger partial charge in [-0.2, -0.15) is 0 Å². The number of hydrogen-bond donors (Lipinski definition) is 0. The summed E-state index contributed by atoms with van der Waals surface area (Å²) in [5.41, 5.74) is 1.02. The lowest BCUT2D eigenvalue weighted by atomic mass is 10.0. The van der Waals surface area contributed by atoms with Crippen LogP contribution in [0.1, 0.15) is 46.6 Å². The molecule has 0 N–H and O–H groups in total. The van der Waals surface area contributed by atoms with Crippen LogP contribution in [0.2, 0.25) is 5.04 Å². The maximum Gasteiger partial charge on any atom is 0.261 e. The maximum atomic E-state index is 7.55. The Balaban J connectivity index is 1.49. The first-order valence-corrected chi connectivity index (χ1v) is 16.6. The third kappa shape index (κ3) is 6.13. The number of methoxy groups -OCH3 is 1. The summed E-state index contributed by atoms with van der Waals surface area (Å²) in [5, 5.41) is 2.23. The van der Waals surface area contributed by atoms with Crippen LogP contribution in [-0.2, 0) is 30.0 Å². The van der Waals surface area contributed by atoms with E-state index in [9.17, 15) is 0 Å². The first-order chi connectivity index (χ1) is 20.1. The fraction of sp³-hybridized carbons (Fsp3) is 0.429. The molecular weight excluding hydrogens is 544 g/mol. The molecule has 5 rings (SSSR count). The van der Waals surface area contributed by atoms with E-state index in [0.29, 0.717) is 13.0 Å². The molecule has 0 unspecified atom stereocenters. The molecule has 2 aliphatic heterocycles. The van der Waals surface area contributed by atoms with Gasteiger partial charge in [0.1, 0.15) is 24.1 Å². The van der Waals surface area contributed by atoms with Crippen molar-refractivity contribution in [2.45, 2.75) is 89.2 Å². The first kappa shape index (κ1) is 30.7. The van der Waals surface area contributed by atoms with E-state index >= 15 is 0 Å². The lowest BCUT2D eigenvalue weighted by molar-refractivity contribution is -0.244. The molecule has 0 aliphatic carbocycles. The lowest BCUT2D eigenvalue weighted by Crippen LogP contribution is -2.68. The maximum absolute atomic E-state index is 7.55. The van der Waals surface area contributed by atoms with Gasteiger partial charge < -0.3 is 28.1 Å². The summed E-state index contributed by atoms with van der Waals surface area (Å²) in [6.45, 7) is 15.2. The van der Waals surface area contributed by atoms with E-state index in [2.05, 4.69) is 88.0 Å². The van der Waals surface area contributed by atoms with E-state index in [1.54, 1.807) is 7.11 Å². The molecule has 6 nitrogen and oxygen atoms in total. The molecule has 0 aromatic heterocycles. The monoisotopic (exact) mass is 588 g/mol. The van der Waals surface area contributed by atoms with Crippen LogP contribution in [0.4, 0.5) is 0 Å². The van der Waals surface area contributed by atoms with Crippen molar-refractivity contribution in [3.8, 4) is 5.75 Å². The van der Waals surface area contributed by atoms with Gasteiger partial charge in [0.2, 0.25) is 0 Å². The van der Waals surface area contributed by atoms with Crippen molar-refractivity contribution in [1.29, 1.82) is 0 Å². The van der Waals surface area contributed by atoms with Crippen LogP contribution < -0.4 is 15.1 Å². The van der Waals surface area contributed by atoms with Crippen LogP contribution in [0.25, 0.3) is 0 Å². The highest BCUT2D eigenvalue weighted by Gasteiger charge is 2.60. The highest BCUT2D eigenvalue weighted by molar-refractivity contribution is 6.99. The molecule has 0 radical (unpaired) electrons. The molecule has 224 valence electrons. The molecule has 0 bridgehead atoms. The van der Waals surface area contributed by atoms with E-state index in [-0.39, 0.29) is 17.2 Å². The first-order valence-electron chi connectivity index (χ1n) is 14.7. The predicted molar refractivity (Wildman–Crippen MR) is 168 cm³/mol. The zero-order chi connectivity index (χ0) is 30.0. The Bertz CT molecular complexity index is 1270. The molecule has 7 heteroatoms. The zero-order valence-electron chi connectivity index (χ0n) is 25.6. The highest BCUT2D eigenvalue weighted by atomic mass is 28.4. The van der Waals surface area contributed by atoms with E-state index < -0.39 is 32.6 Å². The Morgan fingerprint density at radius 1 is 0.881 bits per heavy atom. The quantitative estimate of drug-likeness (QED) is 0.203. The third-order valence-corrected chi connectivity index (χ3v) is 13.2. The van der Waals surface area contributed by atoms with Crippen molar-refractivity contribution in [2.24, 2.45) is 0 Å². The standard InChI is InChI=1S/C35H44O6Si/c1-8-15-29(41-42(34(2,3)4,27-16-11-9-12-17-27)28-18-13-10-14-19-28)30-31-32(40-35(5,6)39-31)33(38-30)37-24-25-20-22-26(36-7)23-21-25/h8-14,16-23,29-33H,1,15,24H2,2-7H3/t29-,30+,31-,32-,33-/m0/s1. The van der Waals surface area contributed by atoms with Gasteiger partial charge in [-0.3, -0.25) is 0 Å². The Morgan fingerprint density at radius 3 is 1.98 bits per heavy atom. The summed E-state index contributed by atoms with van der Waals surface area (Å²) in [6, 6.07) is 29.1. The summed E-state index contributed by atoms with van der Waals surface area (Å²) >= 11 is 0. The number of hydrogen-bond acceptors (Lipinski definition) is 6. The molecule has 0 amide bonds. The van der Waals surface area contributed by atoms with Crippen LogP contribution in [0.5, 0.6) is 5.75 Å². The van der Waals surface area contributed by atoms with Gasteiger partial charge in [0.05, 0.1) is 19.8 Å². The molecule has 42 heavy (non-hydrogen) atoms. The fourth-order valence-corrected chi connectivity index (χ4v) is 11.0. The van der Waals surface area contributed by atoms with Crippen LogP contribution in [-0.4, -0.2) is 51.9 Å². The predicted octanol–water partition coefficient (Wildman–Crippen LogP) is 5.98. The second kappa shape index (κ2) is 12.4. The van der Waals surface area contributed by atoms with Gasteiger partial charge in [0.15, 0.2) is 12.1 Å². The van der Waals surface area contributed by atoms with Gasteiger partial charge in [-0.15, -0.1) is 6.58 Å². The SMILES string of the molecule is C=CC[C@H](O[Si](c1ccccc1)(c1ccccc1)C(C)(C)C)[C@H]1O[C@H](OCc2ccc(OC)cc2)[C@H]2OC(C)(C)O[C@H]21. The Hall–Kier alpha value is -2.78. The van der Waals surface area contributed by atoms with Crippen molar-refractivity contribution in [3.05, 3.63) is 103 Å². The summed E-state index contributed by atoms with van der Waals surface area (Å²) in [5.74, 6) is 0.0351.